The topological polar surface area (TPSA) is 90.0 Å². The van der Waals surface area contributed by atoms with Gasteiger partial charge in [0.15, 0.2) is 0 Å². The van der Waals surface area contributed by atoms with Crippen LogP contribution >= 0.6 is 0 Å². The largest absolute Gasteiger partial charge is 0.480 e. The predicted molar refractivity (Wildman–Crippen MR) is 64.0 cm³/mol. The van der Waals surface area contributed by atoms with Gasteiger partial charge in [0.05, 0.1) is 6.54 Å². The number of carboxylic acid groups (broad SMARTS) is 1. The molecule has 1 rings (SSSR count). The van der Waals surface area contributed by atoms with Crippen LogP contribution in [0.25, 0.3) is 0 Å². The lowest BCUT2D eigenvalue weighted by Gasteiger charge is -2.21. The number of rotatable bonds is 6. The van der Waals surface area contributed by atoms with Crippen LogP contribution in [0.5, 0.6) is 0 Å². The summed E-state index contributed by atoms with van der Waals surface area (Å²) in [5.74, 6) is -0.880. The van der Waals surface area contributed by atoms with Crippen molar-refractivity contribution < 1.29 is 19.5 Å². The Bertz CT molecular complexity index is 339. The van der Waals surface area contributed by atoms with Crippen molar-refractivity contribution in [2.24, 2.45) is 5.92 Å². The zero-order valence-corrected chi connectivity index (χ0v) is 10.7. The molecule has 0 bridgehead atoms. The molecule has 0 aromatic rings. The molecule has 0 radical (unpaired) electrons. The van der Waals surface area contributed by atoms with Crippen LogP contribution in [0.1, 0.15) is 12.8 Å². The van der Waals surface area contributed by atoms with Gasteiger partial charge in [0.2, 0.25) is 5.91 Å². The summed E-state index contributed by atoms with van der Waals surface area (Å²) in [6.45, 7) is -0.0145. The number of nitrogens with one attached hydrogen (secondary N) is 1. The number of likely N-dealkylation sites (N-methyl/N-ethyl adjacent to an activating group) is 1. The van der Waals surface area contributed by atoms with E-state index in [2.05, 4.69) is 5.32 Å². The lowest BCUT2D eigenvalue weighted by molar-refractivity contribution is -0.137. The number of urea groups is 1. The fraction of sp³-hybridized carbons (Fsp3) is 0.727. The molecule has 3 amide bonds. The van der Waals surface area contributed by atoms with Gasteiger partial charge in [0, 0.05) is 20.6 Å². The van der Waals surface area contributed by atoms with Gasteiger partial charge in [-0.3, -0.25) is 9.59 Å². The summed E-state index contributed by atoms with van der Waals surface area (Å²) in [5.41, 5.74) is 0. The minimum absolute atomic E-state index is 0.118. The molecule has 0 atom stereocenters. The van der Waals surface area contributed by atoms with Crippen molar-refractivity contribution in [3.05, 3.63) is 0 Å². The molecular formula is C11H19N3O4. The number of carbonyl (C=O) groups excluding carboxylic acids is 2. The van der Waals surface area contributed by atoms with Crippen LogP contribution in [0.15, 0.2) is 0 Å². The Hall–Kier alpha value is -1.79. The van der Waals surface area contributed by atoms with E-state index in [9.17, 15) is 14.4 Å². The lowest BCUT2D eigenvalue weighted by Crippen LogP contribution is -2.46. The average molecular weight is 257 g/mol. The predicted octanol–water partition coefficient (Wildman–Crippen LogP) is -0.419. The van der Waals surface area contributed by atoms with Crippen molar-refractivity contribution in [3.8, 4) is 0 Å². The molecule has 0 saturated heterocycles. The minimum Gasteiger partial charge on any atom is -0.480 e. The molecular weight excluding hydrogens is 238 g/mol. The van der Waals surface area contributed by atoms with Gasteiger partial charge in [-0.1, -0.05) is 0 Å². The number of hydrogen-bond acceptors (Lipinski definition) is 3. The second kappa shape index (κ2) is 6.23. The van der Waals surface area contributed by atoms with Crippen LogP contribution in [0.2, 0.25) is 0 Å². The van der Waals surface area contributed by atoms with Gasteiger partial charge in [0.1, 0.15) is 6.54 Å². The van der Waals surface area contributed by atoms with E-state index >= 15 is 0 Å². The first-order valence-corrected chi connectivity index (χ1v) is 5.85. The van der Waals surface area contributed by atoms with Crippen molar-refractivity contribution in [1.82, 2.24) is 15.1 Å². The molecule has 102 valence electrons. The lowest BCUT2D eigenvalue weighted by atomic mass is 10.3. The van der Waals surface area contributed by atoms with Gasteiger partial charge in [-0.2, -0.15) is 0 Å². The molecule has 0 aliphatic heterocycles. The highest BCUT2D eigenvalue weighted by molar-refractivity contribution is 5.85. The average Bonchev–Trinajstić information content (AvgIpc) is 3.07. The molecule has 0 spiro atoms. The van der Waals surface area contributed by atoms with Gasteiger partial charge in [-0.15, -0.1) is 0 Å². The van der Waals surface area contributed by atoms with Crippen molar-refractivity contribution in [3.63, 3.8) is 0 Å². The first-order valence-electron chi connectivity index (χ1n) is 5.85. The van der Waals surface area contributed by atoms with Gasteiger partial charge >= 0.3 is 12.0 Å². The molecule has 7 nitrogen and oxygen atoms in total. The van der Waals surface area contributed by atoms with Crippen LogP contribution in [-0.2, 0) is 9.59 Å². The molecule has 0 aromatic heterocycles. The summed E-state index contributed by atoms with van der Waals surface area (Å²) in [6, 6.07) is -0.500. The Balaban J connectivity index is 2.42. The SMILES string of the molecule is CN(C)C(=O)CNC(=O)N(CC(=O)O)CC1CC1. The third-order valence-electron chi connectivity index (χ3n) is 2.68. The summed E-state index contributed by atoms with van der Waals surface area (Å²) in [5, 5.41) is 11.2. The second-order valence-corrected chi connectivity index (χ2v) is 4.66. The van der Waals surface area contributed by atoms with E-state index in [0.717, 1.165) is 12.8 Å². The van der Waals surface area contributed by atoms with E-state index in [1.165, 1.54) is 9.80 Å². The molecule has 1 aliphatic carbocycles. The third-order valence-corrected chi connectivity index (χ3v) is 2.68. The number of hydrogen-bond donors (Lipinski definition) is 2. The van der Waals surface area contributed by atoms with Crippen molar-refractivity contribution in [1.29, 1.82) is 0 Å². The van der Waals surface area contributed by atoms with Crippen LogP contribution < -0.4 is 5.32 Å². The first kappa shape index (κ1) is 14.3. The summed E-state index contributed by atoms with van der Waals surface area (Å²) < 4.78 is 0. The van der Waals surface area contributed by atoms with E-state index in [-0.39, 0.29) is 19.0 Å². The maximum Gasteiger partial charge on any atom is 0.323 e. The van der Waals surface area contributed by atoms with Crippen molar-refractivity contribution in [2.45, 2.75) is 12.8 Å². The zero-order valence-electron chi connectivity index (χ0n) is 10.7. The summed E-state index contributed by atoms with van der Waals surface area (Å²) in [6.07, 6.45) is 2.06. The van der Waals surface area contributed by atoms with Crippen LogP contribution in [-0.4, -0.2) is 66.5 Å². The molecule has 1 aliphatic rings. The maximum atomic E-state index is 11.7. The van der Waals surface area contributed by atoms with E-state index in [0.29, 0.717) is 12.5 Å². The number of aliphatic carboxylic acids is 1. The van der Waals surface area contributed by atoms with Crippen molar-refractivity contribution >= 4 is 17.9 Å². The van der Waals surface area contributed by atoms with E-state index < -0.39 is 12.0 Å². The molecule has 0 unspecified atom stereocenters. The van der Waals surface area contributed by atoms with Gasteiger partial charge < -0.3 is 20.2 Å². The quantitative estimate of drug-likeness (QED) is 0.676. The Morgan fingerprint density at radius 2 is 1.89 bits per heavy atom. The Morgan fingerprint density at radius 3 is 2.33 bits per heavy atom. The number of nitrogens with zero attached hydrogens (tertiary/aromatic N) is 2. The van der Waals surface area contributed by atoms with Crippen LogP contribution in [0.4, 0.5) is 4.79 Å². The number of carbonyl (C=O) groups is 3. The fourth-order valence-electron chi connectivity index (χ4n) is 1.42. The van der Waals surface area contributed by atoms with Gasteiger partial charge in [-0.25, -0.2) is 4.79 Å². The minimum atomic E-state index is -1.05. The Labute approximate surface area is 106 Å². The Morgan fingerprint density at radius 1 is 1.28 bits per heavy atom. The molecule has 2 N–H and O–H groups in total. The van der Waals surface area contributed by atoms with Crippen LogP contribution in [0, 0.1) is 5.92 Å². The first-order chi connectivity index (χ1) is 8.40. The summed E-state index contributed by atoms with van der Waals surface area (Å²) in [7, 11) is 3.18. The highest BCUT2D eigenvalue weighted by Gasteiger charge is 2.28. The smallest absolute Gasteiger partial charge is 0.323 e. The normalized spacial score (nSPS) is 13.9. The molecule has 7 heteroatoms. The van der Waals surface area contributed by atoms with E-state index in [4.69, 9.17) is 5.11 Å². The van der Waals surface area contributed by atoms with E-state index in [1.807, 2.05) is 0 Å². The Kier molecular flexibility index (Phi) is 4.94. The standard InChI is InChI=1S/C11H19N3O4/c1-13(2)9(15)5-12-11(18)14(7-10(16)17)6-8-3-4-8/h8H,3-7H2,1-2H3,(H,12,18)(H,16,17). The molecule has 1 saturated carbocycles. The molecule has 0 heterocycles. The molecule has 1 fully saturated rings. The fourth-order valence-corrected chi connectivity index (χ4v) is 1.42. The number of carboxylic acids is 1. The van der Waals surface area contributed by atoms with Crippen LogP contribution in [0.3, 0.4) is 0 Å². The monoisotopic (exact) mass is 257 g/mol. The summed E-state index contributed by atoms with van der Waals surface area (Å²) in [4.78, 5) is 36.3. The second-order valence-electron chi connectivity index (χ2n) is 4.66. The van der Waals surface area contributed by atoms with Crippen molar-refractivity contribution in [2.75, 3.05) is 33.7 Å². The summed E-state index contributed by atoms with van der Waals surface area (Å²) >= 11 is 0. The molecule has 18 heavy (non-hydrogen) atoms. The molecule has 0 aromatic carbocycles. The highest BCUT2D eigenvalue weighted by atomic mass is 16.4. The van der Waals surface area contributed by atoms with Gasteiger partial charge in [-0.05, 0) is 18.8 Å². The van der Waals surface area contributed by atoms with E-state index in [1.54, 1.807) is 14.1 Å². The highest BCUT2D eigenvalue weighted by Crippen LogP contribution is 2.29. The third kappa shape index (κ3) is 5.03. The zero-order chi connectivity index (χ0) is 13.7. The van der Waals surface area contributed by atoms with Gasteiger partial charge in [0.25, 0.3) is 0 Å². The maximum absolute atomic E-state index is 11.7. The number of amides is 3.